The SMILES string of the molecule is C/C=C/COC/C=C\COc1ccccc1[N+]#N. The van der Waals surface area contributed by atoms with Crippen molar-refractivity contribution in [3.8, 4) is 5.75 Å². The average Bonchev–Trinajstić information content (AvgIpc) is 2.42. The summed E-state index contributed by atoms with van der Waals surface area (Å²) in [6, 6.07) is 7.05. The van der Waals surface area contributed by atoms with E-state index in [0.717, 1.165) is 0 Å². The Hall–Kier alpha value is -2.12. The normalized spacial score (nSPS) is 10.9. The van der Waals surface area contributed by atoms with Crippen LogP contribution in [0.1, 0.15) is 6.92 Å². The molecule has 0 saturated heterocycles. The molecular formula is C14H17N2O2+. The van der Waals surface area contributed by atoms with Gasteiger partial charge in [0, 0.05) is 6.07 Å². The zero-order valence-electron chi connectivity index (χ0n) is 10.5. The van der Waals surface area contributed by atoms with E-state index >= 15 is 0 Å². The lowest BCUT2D eigenvalue weighted by Crippen LogP contribution is -1.95. The summed E-state index contributed by atoms with van der Waals surface area (Å²) in [7, 11) is 0. The van der Waals surface area contributed by atoms with Crippen molar-refractivity contribution < 1.29 is 9.47 Å². The van der Waals surface area contributed by atoms with Gasteiger partial charge in [0.15, 0.2) is 4.98 Å². The molecule has 0 N–H and O–H groups in total. The van der Waals surface area contributed by atoms with Crippen LogP contribution in [0, 0.1) is 5.39 Å². The van der Waals surface area contributed by atoms with Crippen molar-refractivity contribution >= 4 is 5.69 Å². The van der Waals surface area contributed by atoms with Crippen LogP contribution in [-0.2, 0) is 4.74 Å². The second-order valence-electron chi connectivity index (χ2n) is 3.46. The number of allylic oxidation sites excluding steroid dienone is 1. The molecule has 0 spiro atoms. The van der Waals surface area contributed by atoms with Crippen molar-refractivity contribution in [1.82, 2.24) is 0 Å². The van der Waals surface area contributed by atoms with Crippen LogP contribution in [0.5, 0.6) is 5.75 Å². The van der Waals surface area contributed by atoms with Crippen molar-refractivity contribution in [2.75, 3.05) is 19.8 Å². The fraction of sp³-hybridized carbons (Fsp3) is 0.286. The lowest BCUT2D eigenvalue weighted by molar-refractivity contribution is 0.193. The quantitative estimate of drug-likeness (QED) is 0.418. The van der Waals surface area contributed by atoms with Gasteiger partial charge in [-0.05, 0) is 19.1 Å². The van der Waals surface area contributed by atoms with E-state index in [2.05, 4.69) is 4.98 Å². The summed E-state index contributed by atoms with van der Waals surface area (Å²) in [6.45, 7) is 3.55. The van der Waals surface area contributed by atoms with Crippen molar-refractivity contribution in [2.45, 2.75) is 6.92 Å². The number of nitrogens with zero attached hydrogens (tertiary/aromatic N) is 2. The van der Waals surface area contributed by atoms with E-state index in [-0.39, 0.29) is 0 Å². The largest absolute Gasteiger partial charge is 0.482 e. The molecule has 1 aromatic carbocycles. The monoisotopic (exact) mass is 245 g/mol. The van der Waals surface area contributed by atoms with Gasteiger partial charge in [-0.2, -0.15) is 0 Å². The Morgan fingerprint density at radius 1 is 1.11 bits per heavy atom. The van der Waals surface area contributed by atoms with Crippen molar-refractivity contribution in [2.24, 2.45) is 0 Å². The van der Waals surface area contributed by atoms with Gasteiger partial charge in [-0.25, -0.2) is 0 Å². The van der Waals surface area contributed by atoms with Gasteiger partial charge in [0.2, 0.25) is 11.1 Å². The molecule has 4 heteroatoms. The minimum absolute atomic E-state index is 0.416. The van der Waals surface area contributed by atoms with Crippen molar-refractivity contribution in [1.29, 1.82) is 5.39 Å². The number of hydrogen-bond donors (Lipinski definition) is 0. The molecule has 0 saturated carbocycles. The fourth-order valence-corrected chi connectivity index (χ4v) is 1.24. The summed E-state index contributed by atoms with van der Waals surface area (Å²) in [5.74, 6) is 0.555. The van der Waals surface area contributed by atoms with Crippen LogP contribution in [0.4, 0.5) is 5.69 Å². The van der Waals surface area contributed by atoms with E-state index in [9.17, 15) is 0 Å². The van der Waals surface area contributed by atoms with E-state index in [4.69, 9.17) is 14.9 Å². The molecule has 0 atom stereocenters. The smallest absolute Gasteiger partial charge is 0.426 e. The summed E-state index contributed by atoms with van der Waals surface area (Å²) in [5.41, 5.74) is 0.426. The number of para-hydroxylation sites is 1. The Kier molecular flexibility index (Phi) is 6.95. The highest BCUT2D eigenvalue weighted by atomic mass is 16.5. The molecule has 1 aromatic rings. The van der Waals surface area contributed by atoms with Crippen LogP contribution < -0.4 is 4.74 Å². The molecule has 0 aromatic heterocycles. The van der Waals surface area contributed by atoms with Crippen molar-refractivity contribution in [3.05, 3.63) is 53.5 Å². The highest BCUT2D eigenvalue weighted by Crippen LogP contribution is 2.26. The van der Waals surface area contributed by atoms with Gasteiger partial charge in [0.1, 0.15) is 6.61 Å². The number of rotatable bonds is 7. The lowest BCUT2D eigenvalue weighted by atomic mass is 10.3. The maximum Gasteiger partial charge on any atom is 0.426 e. The molecule has 0 unspecified atom stereocenters. The predicted molar refractivity (Wildman–Crippen MR) is 71.5 cm³/mol. The first-order valence-electron chi connectivity index (χ1n) is 5.79. The molecule has 1 rings (SSSR count). The molecule has 0 amide bonds. The predicted octanol–water partition coefficient (Wildman–Crippen LogP) is 3.70. The topological polar surface area (TPSA) is 46.6 Å². The molecule has 0 heterocycles. The molecule has 18 heavy (non-hydrogen) atoms. The zero-order valence-corrected chi connectivity index (χ0v) is 10.5. The molecule has 4 nitrogen and oxygen atoms in total. The van der Waals surface area contributed by atoms with Gasteiger partial charge in [-0.3, -0.25) is 0 Å². The van der Waals surface area contributed by atoms with E-state index in [1.165, 1.54) is 0 Å². The van der Waals surface area contributed by atoms with E-state index < -0.39 is 0 Å². The van der Waals surface area contributed by atoms with Gasteiger partial charge < -0.3 is 9.47 Å². The molecule has 0 aliphatic heterocycles. The summed E-state index contributed by atoms with van der Waals surface area (Å²) in [4.78, 5) is 3.14. The summed E-state index contributed by atoms with van der Waals surface area (Å²) < 4.78 is 10.7. The second-order valence-corrected chi connectivity index (χ2v) is 3.46. The van der Waals surface area contributed by atoms with E-state index in [1.807, 2.05) is 37.3 Å². The molecular weight excluding hydrogens is 228 g/mol. The third-order valence-electron chi connectivity index (χ3n) is 2.14. The Morgan fingerprint density at radius 2 is 1.83 bits per heavy atom. The first kappa shape index (κ1) is 13.9. The first-order valence-corrected chi connectivity index (χ1v) is 5.79. The average molecular weight is 245 g/mol. The third-order valence-corrected chi connectivity index (χ3v) is 2.14. The number of diazo groups is 1. The highest BCUT2D eigenvalue weighted by molar-refractivity contribution is 5.56. The maximum absolute atomic E-state index is 8.74. The van der Waals surface area contributed by atoms with Gasteiger partial charge in [-0.1, -0.05) is 30.4 Å². The van der Waals surface area contributed by atoms with E-state index in [0.29, 0.717) is 31.3 Å². The Morgan fingerprint density at radius 3 is 2.61 bits per heavy atom. The summed E-state index contributed by atoms with van der Waals surface area (Å²) in [6.07, 6.45) is 7.65. The molecule has 94 valence electrons. The van der Waals surface area contributed by atoms with Crippen LogP contribution in [0.15, 0.2) is 48.6 Å². The Bertz CT molecular complexity index is 447. The molecule has 0 aliphatic carbocycles. The Labute approximate surface area is 107 Å². The Balaban J connectivity index is 2.25. The summed E-state index contributed by atoms with van der Waals surface area (Å²) in [5, 5.41) is 8.74. The van der Waals surface area contributed by atoms with Crippen LogP contribution in [0.3, 0.4) is 0 Å². The van der Waals surface area contributed by atoms with Crippen LogP contribution in [0.25, 0.3) is 4.98 Å². The van der Waals surface area contributed by atoms with Gasteiger partial charge in [0.05, 0.1) is 13.2 Å². The summed E-state index contributed by atoms with van der Waals surface area (Å²) >= 11 is 0. The molecule has 0 aliphatic rings. The van der Waals surface area contributed by atoms with Crippen LogP contribution in [-0.4, -0.2) is 19.8 Å². The fourth-order valence-electron chi connectivity index (χ4n) is 1.24. The minimum Gasteiger partial charge on any atom is -0.482 e. The van der Waals surface area contributed by atoms with Crippen molar-refractivity contribution in [3.63, 3.8) is 0 Å². The molecule has 0 fully saturated rings. The maximum atomic E-state index is 8.74. The first-order chi connectivity index (χ1) is 8.88. The van der Waals surface area contributed by atoms with Crippen LogP contribution >= 0.6 is 0 Å². The number of hydrogen-bond acceptors (Lipinski definition) is 3. The molecule has 0 bridgehead atoms. The third kappa shape index (κ3) is 5.28. The standard InChI is InChI=1S/C14H17N2O2/c1-2-3-10-17-11-6-7-12-18-14-9-5-4-8-13(14)16-15/h2-9H,10-12H2,1H3/q+1/b3-2+,7-6-. The van der Waals surface area contributed by atoms with E-state index in [1.54, 1.807) is 18.2 Å². The van der Waals surface area contributed by atoms with Gasteiger partial charge in [0.25, 0.3) is 0 Å². The second kappa shape index (κ2) is 8.97. The highest BCUT2D eigenvalue weighted by Gasteiger charge is 2.12. The molecule has 0 radical (unpaired) electrons. The lowest BCUT2D eigenvalue weighted by Gasteiger charge is -1.99. The zero-order chi connectivity index (χ0) is 13.1. The van der Waals surface area contributed by atoms with Crippen LogP contribution in [0.2, 0.25) is 0 Å². The minimum atomic E-state index is 0.416. The van der Waals surface area contributed by atoms with Gasteiger partial charge >= 0.3 is 5.69 Å². The number of benzene rings is 1. The van der Waals surface area contributed by atoms with Gasteiger partial charge in [-0.15, -0.1) is 0 Å². The number of ether oxygens (including phenoxy) is 2.